The Hall–Kier alpha value is -0.720. The van der Waals surface area contributed by atoms with Crippen LogP contribution in [-0.2, 0) is 6.42 Å². The normalized spacial score (nSPS) is 19.2. The van der Waals surface area contributed by atoms with Gasteiger partial charge in [0, 0.05) is 50.7 Å². The first-order valence-electron chi connectivity index (χ1n) is 6.70. The van der Waals surface area contributed by atoms with E-state index in [1.807, 2.05) is 6.92 Å². The molecule has 18 heavy (non-hydrogen) atoms. The van der Waals surface area contributed by atoms with E-state index in [4.69, 9.17) is 0 Å². The number of hydrogen-bond donors (Lipinski definition) is 1. The maximum Gasteiger partial charge on any atom is 0.205 e. The van der Waals surface area contributed by atoms with Crippen LogP contribution in [0.1, 0.15) is 26.1 Å². The summed E-state index contributed by atoms with van der Waals surface area (Å²) in [6.07, 6.45) is 1.54. The fraction of sp³-hybridized carbons (Fsp3) is 0.833. The molecule has 1 fully saturated rings. The molecule has 0 saturated carbocycles. The van der Waals surface area contributed by atoms with Crippen molar-refractivity contribution in [3.8, 4) is 0 Å². The van der Waals surface area contributed by atoms with E-state index in [0.717, 1.165) is 56.5 Å². The molecule has 0 aliphatic carbocycles. The van der Waals surface area contributed by atoms with Crippen LogP contribution in [0.15, 0.2) is 0 Å². The molecule has 1 N–H and O–H groups in total. The molecule has 1 aromatic rings. The van der Waals surface area contributed by atoms with Gasteiger partial charge in [0.05, 0.1) is 6.10 Å². The molecule has 1 atom stereocenters. The molecule has 0 radical (unpaired) electrons. The second-order valence-electron chi connectivity index (χ2n) is 4.70. The summed E-state index contributed by atoms with van der Waals surface area (Å²) in [4.78, 5) is 9.14. The minimum absolute atomic E-state index is 0.190. The number of anilines is 1. The first kappa shape index (κ1) is 13.7. The van der Waals surface area contributed by atoms with Gasteiger partial charge in [-0.25, -0.2) is 4.98 Å². The van der Waals surface area contributed by atoms with Crippen molar-refractivity contribution in [2.75, 3.05) is 37.6 Å². The lowest BCUT2D eigenvalue weighted by Crippen LogP contribution is -2.48. The zero-order valence-electron chi connectivity index (χ0n) is 11.2. The van der Waals surface area contributed by atoms with Crippen LogP contribution in [0.25, 0.3) is 0 Å². The monoisotopic (exact) mass is 270 g/mol. The molecule has 0 aromatic carbocycles. The van der Waals surface area contributed by atoms with Gasteiger partial charge in [0.15, 0.2) is 0 Å². The topological polar surface area (TPSA) is 52.5 Å². The van der Waals surface area contributed by atoms with Crippen LogP contribution in [-0.4, -0.2) is 58.2 Å². The van der Waals surface area contributed by atoms with E-state index >= 15 is 0 Å². The Bertz CT molecular complexity index is 363. The molecule has 1 saturated heterocycles. The van der Waals surface area contributed by atoms with E-state index in [1.54, 1.807) is 0 Å². The molecule has 6 heteroatoms. The Morgan fingerprint density at radius 3 is 2.56 bits per heavy atom. The van der Waals surface area contributed by atoms with Crippen LogP contribution in [0.3, 0.4) is 0 Å². The molecule has 0 amide bonds. The zero-order chi connectivity index (χ0) is 13.0. The van der Waals surface area contributed by atoms with Gasteiger partial charge in [-0.2, -0.15) is 4.37 Å². The van der Waals surface area contributed by atoms with Crippen molar-refractivity contribution in [1.29, 1.82) is 0 Å². The quantitative estimate of drug-likeness (QED) is 0.865. The third-order valence-electron chi connectivity index (χ3n) is 3.36. The summed E-state index contributed by atoms with van der Waals surface area (Å²) in [6.45, 7) is 8.85. The van der Waals surface area contributed by atoms with E-state index in [0.29, 0.717) is 0 Å². The Labute approximate surface area is 113 Å². The summed E-state index contributed by atoms with van der Waals surface area (Å²) in [5, 5.41) is 10.7. The molecule has 0 bridgehead atoms. The van der Waals surface area contributed by atoms with E-state index in [2.05, 4.69) is 26.1 Å². The second kappa shape index (κ2) is 6.45. The minimum atomic E-state index is -0.190. The number of aliphatic hydroxyl groups excluding tert-OH is 1. The first-order valence-corrected chi connectivity index (χ1v) is 7.48. The van der Waals surface area contributed by atoms with E-state index in [1.165, 1.54) is 11.5 Å². The number of β-amino-alcohol motifs (C(OH)–C–C–N with tert-alkyl or cyclic N) is 1. The van der Waals surface area contributed by atoms with Crippen LogP contribution < -0.4 is 4.90 Å². The van der Waals surface area contributed by atoms with Crippen molar-refractivity contribution in [1.82, 2.24) is 14.3 Å². The molecule has 1 aliphatic rings. The van der Waals surface area contributed by atoms with Gasteiger partial charge in [-0.15, -0.1) is 0 Å². The molecule has 5 nitrogen and oxygen atoms in total. The van der Waals surface area contributed by atoms with Gasteiger partial charge in [-0.05, 0) is 6.42 Å². The number of aryl methyl sites for hydroxylation is 1. The molecular formula is C12H22N4OS. The molecule has 0 spiro atoms. The Morgan fingerprint density at radius 2 is 2.00 bits per heavy atom. The second-order valence-corrected chi connectivity index (χ2v) is 5.43. The van der Waals surface area contributed by atoms with E-state index in [-0.39, 0.29) is 6.10 Å². The highest BCUT2D eigenvalue weighted by Gasteiger charge is 2.20. The van der Waals surface area contributed by atoms with E-state index in [9.17, 15) is 5.11 Å². The summed E-state index contributed by atoms with van der Waals surface area (Å²) in [7, 11) is 0. The molecular weight excluding hydrogens is 248 g/mol. The van der Waals surface area contributed by atoms with Crippen LogP contribution in [0, 0.1) is 0 Å². The molecule has 102 valence electrons. The highest BCUT2D eigenvalue weighted by Crippen LogP contribution is 2.19. The van der Waals surface area contributed by atoms with Crippen molar-refractivity contribution < 1.29 is 5.11 Å². The number of piperazine rings is 1. The highest BCUT2D eigenvalue weighted by atomic mass is 32.1. The van der Waals surface area contributed by atoms with Crippen LogP contribution in [0.2, 0.25) is 0 Å². The number of nitrogens with zero attached hydrogens (tertiary/aromatic N) is 4. The Morgan fingerprint density at radius 1 is 1.28 bits per heavy atom. The van der Waals surface area contributed by atoms with Crippen LogP contribution >= 0.6 is 11.5 Å². The first-order chi connectivity index (χ1) is 8.72. The standard InChI is InChI=1S/C12H22N4OS/c1-3-10(17)9-15-5-7-16(8-6-15)12-13-11(4-2)14-18-12/h10,17H,3-9H2,1-2H3. The fourth-order valence-electron chi connectivity index (χ4n) is 2.07. The van der Waals surface area contributed by atoms with Crippen molar-refractivity contribution >= 4 is 16.7 Å². The lowest BCUT2D eigenvalue weighted by atomic mass is 10.2. The van der Waals surface area contributed by atoms with Gasteiger partial charge >= 0.3 is 0 Å². The number of aliphatic hydroxyl groups is 1. The zero-order valence-corrected chi connectivity index (χ0v) is 12.0. The van der Waals surface area contributed by atoms with Crippen molar-refractivity contribution in [3.05, 3.63) is 5.82 Å². The van der Waals surface area contributed by atoms with Crippen LogP contribution in [0.5, 0.6) is 0 Å². The molecule has 2 heterocycles. The summed E-state index contributed by atoms with van der Waals surface area (Å²) < 4.78 is 4.33. The van der Waals surface area contributed by atoms with Crippen molar-refractivity contribution in [2.24, 2.45) is 0 Å². The Kier molecular flexibility index (Phi) is 4.91. The number of aromatic nitrogens is 2. The number of rotatable bonds is 5. The van der Waals surface area contributed by atoms with Gasteiger partial charge in [0.2, 0.25) is 5.13 Å². The SMILES string of the molecule is CCc1nsc(N2CCN(CC(O)CC)CC2)n1. The average molecular weight is 270 g/mol. The predicted molar refractivity (Wildman–Crippen MR) is 74.2 cm³/mol. The highest BCUT2D eigenvalue weighted by molar-refractivity contribution is 7.09. The average Bonchev–Trinajstić information content (AvgIpc) is 2.88. The maximum absolute atomic E-state index is 9.65. The van der Waals surface area contributed by atoms with E-state index < -0.39 is 0 Å². The maximum atomic E-state index is 9.65. The molecule has 1 aromatic heterocycles. The molecule has 1 aliphatic heterocycles. The summed E-state index contributed by atoms with van der Waals surface area (Å²) in [6, 6.07) is 0. The molecule has 2 rings (SSSR count). The largest absolute Gasteiger partial charge is 0.392 e. The van der Waals surface area contributed by atoms with Gasteiger partial charge in [-0.1, -0.05) is 13.8 Å². The lowest BCUT2D eigenvalue weighted by molar-refractivity contribution is 0.106. The summed E-state index contributed by atoms with van der Waals surface area (Å²) >= 11 is 1.50. The third kappa shape index (κ3) is 3.40. The van der Waals surface area contributed by atoms with Crippen LogP contribution in [0.4, 0.5) is 5.13 Å². The predicted octanol–water partition coefficient (Wildman–Crippen LogP) is 0.993. The smallest absolute Gasteiger partial charge is 0.205 e. The van der Waals surface area contributed by atoms with Gasteiger partial charge in [-0.3, -0.25) is 4.90 Å². The van der Waals surface area contributed by atoms with Gasteiger partial charge < -0.3 is 10.0 Å². The summed E-state index contributed by atoms with van der Waals surface area (Å²) in [5.74, 6) is 0.943. The number of hydrogen-bond acceptors (Lipinski definition) is 6. The fourth-order valence-corrected chi connectivity index (χ4v) is 2.87. The third-order valence-corrected chi connectivity index (χ3v) is 4.17. The summed E-state index contributed by atoms with van der Waals surface area (Å²) in [5.41, 5.74) is 0. The Balaban J connectivity index is 1.82. The molecule has 1 unspecified atom stereocenters. The van der Waals surface area contributed by atoms with Crippen molar-refractivity contribution in [3.63, 3.8) is 0 Å². The minimum Gasteiger partial charge on any atom is -0.392 e. The van der Waals surface area contributed by atoms with Gasteiger partial charge in [0.1, 0.15) is 5.82 Å². The lowest BCUT2D eigenvalue weighted by Gasteiger charge is -2.35. The van der Waals surface area contributed by atoms with Gasteiger partial charge in [0.25, 0.3) is 0 Å². The van der Waals surface area contributed by atoms with Crippen molar-refractivity contribution in [2.45, 2.75) is 32.8 Å².